The molecule has 1 atom stereocenters. The van der Waals surface area contributed by atoms with Crippen LogP contribution in [0.25, 0.3) is 0 Å². The number of carbonyl (C=O) groups is 1. The quantitative estimate of drug-likeness (QED) is 0.632. The summed E-state index contributed by atoms with van der Waals surface area (Å²) in [6.45, 7) is 6.65. The zero-order valence-electron chi connectivity index (χ0n) is 10.7. The molecule has 17 heavy (non-hydrogen) atoms. The lowest BCUT2D eigenvalue weighted by Crippen LogP contribution is -2.24. The second-order valence-electron chi connectivity index (χ2n) is 4.56. The Hall–Kier alpha value is -1.02. The topological polar surface area (TPSA) is 29.1 Å². The van der Waals surface area contributed by atoms with E-state index in [9.17, 15) is 4.79 Å². The Bertz CT molecular complexity index is 368. The van der Waals surface area contributed by atoms with Crippen molar-refractivity contribution in [2.75, 3.05) is 6.54 Å². The second kappa shape index (κ2) is 6.65. The normalized spacial score (nSPS) is 12.2. The van der Waals surface area contributed by atoms with Crippen LogP contribution in [0.4, 0.5) is 0 Å². The SMILES string of the molecule is Cc1cc(C)cc(C(=O)NCCCC(C)Cl)c1. The van der Waals surface area contributed by atoms with Crippen LogP contribution in [0.1, 0.15) is 41.3 Å². The van der Waals surface area contributed by atoms with Crippen molar-refractivity contribution in [3.05, 3.63) is 34.9 Å². The molecule has 0 saturated heterocycles. The standard InChI is InChI=1S/C14H20ClNO/c1-10-7-11(2)9-13(8-10)14(17)16-6-4-5-12(3)15/h7-9,12H,4-6H2,1-3H3,(H,16,17). The highest BCUT2D eigenvalue weighted by Crippen LogP contribution is 2.09. The van der Waals surface area contributed by atoms with Gasteiger partial charge in [-0.05, 0) is 45.7 Å². The molecule has 0 aliphatic carbocycles. The van der Waals surface area contributed by atoms with Crippen molar-refractivity contribution in [1.82, 2.24) is 5.32 Å². The Labute approximate surface area is 108 Å². The van der Waals surface area contributed by atoms with Crippen LogP contribution < -0.4 is 5.32 Å². The van der Waals surface area contributed by atoms with Gasteiger partial charge >= 0.3 is 0 Å². The number of alkyl halides is 1. The third-order valence-corrected chi connectivity index (χ3v) is 2.77. The molecule has 0 bridgehead atoms. The molecular weight excluding hydrogens is 234 g/mol. The fraction of sp³-hybridized carbons (Fsp3) is 0.500. The summed E-state index contributed by atoms with van der Waals surface area (Å²) in [4.78, 5) is 11.8. The van der Waals surface area contributed by atoms with Gasteiger partial charge in [0.25, 0.3) is 5.91 Å². The molecule has 0 saturated carbocycles. The Morgan fingerprint density at radius 3 is 2.41 bits per heavy atom. The number of hydrogen-bond acceptors (Lipinski definition) is 1. The van der Waals surface area contributed by atoms with Crippen LogP contribution >= 0.6 is 11.6 Å². The first-order valence-corrected chi connectivity index (χ1v) is 6.43. The molecule has 0 fully saturated rings. The Kier molecular flexibility index (Phi) is 5.49. The van der Waals surface area contributed by atoms with Crippen molar-refractivity contribution in [3.8, 4) is 0 Å². The van der Waals surface area contributed by atoms with Gasteiger partial charge in [0.2, 0.25) is 0 Å². The van der Waals surface area contributed by atoms with Crippen molar-refractivity contribution in [2.45, 2.75) is 39.0 Å². The highest BCUT2D eigenvalue weighted by molar-refractivity contribution is 6.20. The molecule has 94 valence electrons. The predicted octanol–water partition coefficient (Wildman–Crippen LogP) is 3.44. The van der Waals surface area contributed by atoms with Gasteiger partial charge in [-0.25, -0.2) is 0 Å². The van der Waals surface area contributed by atoms with Crippen molar-refractivity contribution in [1.29, 1.82) is 0 Å². The highest BCUT2D eigenvalue weighted by atomic mass is 35.5. The summed E-state index contributed by atoms with van der Waals surface area (Å²) in [6, 6.07) is 5.88. The molecule has 1 unspecified atom stereocenters. The largest absolute Gasteiger partial charge is 0.352 e. The fourth-order valence-electron chi connectivity index (χ4n) is 1.79. The van der Waals surface area contributed by atoms with E-state index in [2.05, 4.69) is 11.4 Å². The first-order chi connectivity index (χ1) is 7.99. The molecule has 1 aromatic rings. The zero-order valence-corrected chi connectivity index (χ0v) is 11.5. The number of halogens is 1. The molecule has 1 N–H and O–H groups in total. The minimum absolute atomic E-state index is 0.000902. The number of rotatable bonds is 5. The molecule has 0 aliphatic heterocycles. The van der Waals surface area contributed by atoms with Gasteiger partial charge in [-0.1, -0.05) is 17.2 Å². The lowest BCUT2D eigenvalue weighted by Gasteiger charge is -2.07. The minimum Gasteiger partial charge on any atom is -0.352 e. The van der Waals surface area contributed by atoms with Gasteiger partial charge in [-0.2, -0.15) is 0 Å². The van der Waals surface area contributed by atoms with E-state index in [-0.39, 0.29) is 11.3 Å². The molecule has 3 heteroatoms. The number of benzene rings is 1. The Morgan fingerprint density at radius 2 is 1.88 bits per heavy atom. The van der Waals surface area contributed by atoms with Gasteiger partial charge in [0, 0.05) is 17.5 Å². The lowest BCUT2D eigenvalue weighted by molar-refractivity contribution is 0.0953. The van der Waals surface area contributed by atoms with E-state index >= 15 is 0 Å². The minimum atomic E-state index is -0.000902. The molecule has 0 radical (unpaired) electrons. The molecule has 0 aliphatic rings. The number of carbonyl (C=O) groups excluding carboxylic acids is 1. The van der Waals surface area contributed by atoms with Crippen LogP contribution in [0.2, 0.25) is 0 Å². The predicted molar refractivity (Wildman–Crippen MR) is 72.8 cm³/mol. The summed E-state index contributed by atoms with van der Waals surface area (Å²) in [5.41, 5.74) is 2.97. The lowest BCUT2D eigenvalue weighted by atomic mass is 10.1. The molecule has 0 aromatic heterocycles. The second-order valence-corrected chi connectivity index (χ2v) is 5.30. The maximum absolute atomic E-state index is 11.8. The molecule has 2 nitrogen and oxygen atoms in total. The molecular formula is C14H20ClNO. The molecule has 1 rings (SSSR count). The first kappa shape index (κ1) is 14.0. The molecule has 0 heterocycles. The monoisotopic (exact) mass is 253 g/mol. The summed E-state index contributed by atoms with van der Waals surface area (Å²) in [5, 5.41) is 3.09. The van der Waals surface area contributed by atoms with Crippen molar-refractivity contribution in [2.24, 2.45) is 0 Å². The van der Waals surface area contributed by atoms with E-state index < -0.39 is 0 Å². The van der Waals surface area contributed by atoms with Gasteiger partial charge < -0.3 is 5.32 Å². The summed E-state index contributed by atoms with van der Waals surface area (Å²) >= 11 is 5.84. The molecule has 1 aromatic carbocycles. The van der Waals surface area contributed by atoms with Gasteiger partial charge in [0.05, 0.1) is 0 Å². The van der Waals surface area contributed by atoms with E-state index in [0.717, 1.165) is 29.5 Å². The van der Waals surface area contributed by atoms with E-state index in [1.165, 1.54) is 0 Å². The number of amides is 1. The van der Waals surface area contributed by atoms with Crippen LogP contribution in [0.15, 0.2) is 18.2 Å². The Morgan fingerprint density at radius 1 is 1.29 bits per heavy atom. The van der Waals surface area contributed by atoms with Crippen LogP contribution in [0, 0.1) is 13.8 Å². The van der Waals surface area contributed by atoms with Gasteiger partial charge in [0.15, 0.2) is 0 Å². The van der Waals surface area contributed by atoms with Gasteiger partial charge in [-0.3, -0.25) is 4.79 Å². The van der Waals surface area contributed by atoms with E-state index in [1.807, 2.05) is 32.9 Å². The molecule has 0 spiro atoms. The maximum atomic E-state index is 11.8. The van der Waals surface area contributed by atoms with E-state index in [0.29, 0.717) is 6.54 Å². The average Bonchev–Trinajstić information content (AvgIpc) is 2.22. The van der Waals surface area contributed by atoms with E-state index in [1.54, 1.807) is 0 Å². The van der Waals surface area contributed by atoms with Crippen molar-refractivity contribution < 1.29 is 4.79 Å². The van der Waals surface area contributed by atoms with Gasteiger partial charge in [0.1, 0.15) is 0 Å². The smallest absolute Gasteiger partial charge is 0.251 e. The summed E-state index contributed by atoms with van der Waals surface area (Å²) in [7, 11) is 0. The Balaban J connectivity index is 2.47. The van der Waals surface area contributed by atoms with Crippen LogP contribution in [0.5, 0.6) is 0 Å². The highest BCUT2D eigenvalue weighted by Gasteiger charge is 2.06. The average molecular weight is 254 g/mol. The maximum Gasteiger partial charge on any atom is 0.251 e. The summed E-state index contributed by atoms with van der Waals surface area (Å²) in [6.07, 6.45) is 1.84. The third kappa shape index (κ3) is 5.22. The van der Waals surface area contributed by atoms with Crippen LogP contribution in [-0.4, -0.2) is 17.8 Å². The zero-order chi connectivity index (χ0) is 12.8. The van der Waals surface area contributed by atoms with Crippen LogP contribution in [0.3, 0.4) is 0 Å². The van der Waals surface area contributed by atoms with Crippen molar-refractivity contribution >= 4 is 17.5 Å². The van der Waals surface area contributed by atoms with Gasteiger partial charge in [-0.15, -0.1) is 11.6 Å². The fourth-order valence-corrected chi connectivity index (χ4v) is 1.95. The first-order valence-electron chi connectivity index (χ1n) is 5.99. The van der Waals surface area contributed by atoms with Crippen LogP contribution in [-0.2, 0) is 0 Å². The number of nitrogens with one attached hydrogen (secondary N) is 1. The third-order valence-electron chi connectivity index (χ3n) is 2.55. The summed E-state index contributed by atoms with van der Waals surface area (Å²) in [5.74, 6) is -0.000902. The number of aryl methyl sites for hydroxylation is 2. The molecule has 1 amide bonds. The number of hydrogen-bond donors (Lipinski definition) is 1. The van der Waals surface area contributed by atoms with Crippen molar-refractivity contribution in [3.63, 3.8) is 0 Å². The summed E-state index contributed by atoms with van der Waals surface area (Å²) < 4.78 is 0. The van der Waals surface area contributed by atoms with E-state index in [4.69, 9.17) is 11.6 Å².